The molecule has 0 aliphatic heterocycles. The van der Waals surface area contributed by atoms with Crippen LogP contribution in [0.15, 0.2) is 64.5 Å². The summed E-state index contributed by atoms with van der Waals surface area (Å²) in [5, 5.41) is 16.2. The van der Waals surface area contributed by atoms with Crippen LogP contribution in [0.1, 0.15) is 31.2 Å². The molecule has 0 saturated carbocycles. The fourth-order valence-electron chi connectivity index (χ4n) is 2.80. The summed E-state index contributed by atoms with van der Waals surface area (Å²) in [6.07, 6.45) is 3.67. The molecule has 3 N–H and O–H groups in total. The molecule has 0 aliphatic rings. The van der Waals surface area contributed by atoms with Crippen LogP contribution >= 0.6 is 0 Å². The normalized spacial score (nSPS) is 12.6. The zero-order chi connectivity index (χ0) is 19.3. The van der Waals surface area contributed by atoms with Crippen LogP contribution in [0.5, 0.6) is 0 Å². The van der Waals surface area contributed by atoms with Gasteiger partial charge in [-0.05, 0) is 31.4 Å². The van der Waals surface area contributed by atoms with Crippen molar-refractivity contribution in [1.82, 2.24) is 15.2 Å². The first-order chi connectivity index (χ1) is 13.2. The number of unbranched alkanes of at least 4 members (excludes halogenated alkanes) is 1. The number of benzene rings is 1. The van der Waals surface area contributed by atoms with Gasteiger partial charge in [0.2, 0.25) is 5.56 Å². The summed E-state index contributed by atoms with van der Waals surface area (Å²) in [6.45, 7) is 4.90. The second-order valence-corrected chi connectivity index (χ2v) is 6.38. The molecule has 146 valence electrons. The lowest BCUT2D eigenvalue weighted by atomic mass is 10.0. The first-order valence-corrected chi connectivity index (χ1v) is 9.58. The molecule has 0 amide bonds. The van der Waals surface area contributed by atoms with Crippen LogP contribution < -0.4 is 16.2 Å². The Morgan fingerprint density at radius 2 is 1.89 bits per heavy atom. The molecule has 1 heterocycles. The number of nitrogens with zero attached hydrogens (tertiary/aromatic N) is 2. The van der Waals surface area contributed by atoms with Gasteiger partial charge in [-0.2, -0.15) is 0 Å². The number of hydrogen-bond acceptors (Lipinski definition) is 3. The molecule has 1 aromatic heterocycles. The van der Waals surface area contributed by atoms with Crippen LogP contribution in [0, 0.1) is 0 Å². The van der Waals surface area contributed by atoms with Crippen LogP contribution in [0.3, 0.4) is 0 Å². The van der Waals surface area contributed by atoms with Crippen molar-refractivity contribution in [3.8, 4) is 0 Å². The van der Waals surface area contributed by atoms with Crippen molar-refractivity contribution in [3.05, 3.63) is 70.6 Å². The number of aromatic nitrogens is 1. The standard InChI is InChI=1S/C21H30N4O2/c1-2-22-21(24-16-19(17-26)18-10-4-3-5-11-18)23-13-7-9-15-25-14-8-6-12-20(25)27/h3-6,8,10-12,14,19,26H,2,7,9,13,15-17H2,1H3,(H2,22,23,24). The van der Waals surface area contributed by atoms with E-state index in [1.54, 1.807) is 16.7 Å². The van der Waals surface area contributed by atoms with Crippen molar-refractivity contribution in [2.45, 2.75) is 32.2 Å². The maximum absolute atomic E-state index is 11.7. The van der Waals surface area contributed by atoms with E-state index in [-0.39, 0.29) is 18.1 Å². The molecule has 0 saturated heterocycles. The number of rotatable bonds is 10. The summed E-state index contributed by atoms with van der Waals surface area (Å²) >= 11 is 0. The molecule has 6 nitrogen and oxygen atoms in total. The summed E-state index contributed by atoms with van der Waals surface area (Å²) in [4.78, 5) is 16.3. The third-order valence-corrected chi connectivity index (χ3v) is 4.32. The molecule has 2 rings (SSSR count). The van der Waals surface area contributed by atoms with E-state index in [0.717, 1.165) is 44.0 Å². The Balaban J connectivity index is 1.79. The van der Waals surface area contributed by atoms with Crippen molar-refractivity contribution in [2.24, 2.45) is 4.99 Å². The fourth-order valence-corrected chi connectivity index (χ4v) is 2.80. The van der Waals surface area contributed by atoms with E-state index < -0.39 is 0 Å². The van der Waals surface area contributed by atoms with E-state index in [9.17, 15) is 9.90 Å². The van der Waals surface area contributed by atoms with Crippen LogP contribution in [-0.4, -0.2) is 41.9 Å². The molecule has 0 bridgehead atoms. The molecule has 0 fully saturated rings. The van der Waals surface area contributed by atoms with Crippen molar-refractivity contribution >= 4 is 5.96 Å². The zero-order valence-electron chi connectivity index (χ0n) is 16.0. The van der Waals surface area contributed by atoms with Gasteiger partial charge in [0, 0.05) is 37.8 Å². The van der Waals surface area contributed by atoms with Crippen LogP contribution in [0.25, 0.3) is 0 Å². The lowest BCUT2D eigenvalue weighted by Gasteiger charge is -2.15. The van der Waals surface area contributed by atoms with E-state index in [1.165, 1.54) is 0 Å². The van der Waals surface area contributed by atoms with Gasteiger partial charge in [0.1, 0.15) is 0 Å². The van der Waals surface area contributed by atoms with E-state index in [4.69, 9.17) is 0 Å². The Hall–Kier alpha value is -2.60. The largest absolute Gasteiger partial charge is 0.396 e. The van der Waals surface area contributed by atoms with Gasteiger partial charge in [0.05, 0.1) is 13.2 Å². The first-order valence-electron chi connectivity index (χ1n) is 9.58. The van der Waals surface area contributed by atoms with Crippen molar-refractivity contribution in [2.75, 3.05) is 26.2 Å². The Labute approximate surface area is 161 Å². The Kier molecular flexibility index (Phi) is 9.13. The SMILES string of the molecule is CCNC(=NCC(CO)c1ccccc1)NCCCCn1ccccc1=O. The van der Waals surface area contributed by atoms with Crippen molar-refractivity contribution < 1.29 is 5.11 Å². The highest BCUT2D eigenvalue weighted by Gasteiger charge is 2.09. The summed E-state index contributed by atoms with van der Waals surface area (Å²) in [6, 6.07) is 15.2. The smallest absolute Gasteiger partial charge is 0.250 e. The maximum Gasteiger partial charge on any atom is 0.250 e. The van der Waals surface area contributed by atoms with Gasteiger partial charge in [-0.25, -0.2) is 0 Å². The van der Waals surface area contributed by atoms with E-state index >= 15 is 0 Å². The number of hydrogen-bond donors (Lipinski definition) is 3. The highest BCUT2D eigenvalue weighted by molar-refractivity contribution is 5.79. The monoisotopic (exact) mass is 370 g/mol. The summed E-state index contributed by atoms with van der Waals surface area (Å²) in [7, 11) is 0. The van der Waals surface area contributed by atoms with E-state index in [0.29, 0.717) is 6.54 Å². The summed E-state index contributed by atoms with van der Waals surface area (Å²) in [5.74, 6) is 0.746. The van der Waals surface area contributed by atoms with Gasteiger partial charge in [-0.15, -0.1) is 0 Å². The van der Waals surface area contributed by atoms with Gasteiger partial charge < -0.3 is 20.3 Å². The van der Waals surface area contributed by atoms with Gasteiger partial charge in [0.25, 0.3) is 0 Å². The molecule has 1 unspecified atom stereocenters. The highest BCUT2D eigenvalue weighted by Crippen LogP contribution is 2.14. The number of aliphatic hydroxyl groups is 1. The molecule has 2 aromatic rings. The molecular formula is C21H30N4O2. The second kappa shape index (κ2) is 11.9. The molecule has 0 radical (unpaired) electrons. The minimum absolute atomic E-state index is 0.00777. The maximum atomic E-state index is 11.7. The molecule has 1 aromatic carbocycles. The third-order valence-electron chi connectivity index (χ3n) is 4.32. The lowest BCUT2D eigenvalue weighted by molar-refractivity contribution is 0.268. The molecule has 0 aliphatic carbocycles. The number of aliphatic hydroxyl groups excluding tert-OH is 1. The Morgan fingerprint density at radius 3 is 2.59 bits per heavy atom. The van der Waals surface area contributed by atoms with Gasteiger partial charge in [-0.3, -0.25) is 9.79 Å². The average Bonchev–Trinajstić information content (AvgIpc) is 2.70. The molecular weight excluding hydrogens is 340 g/mol. The first kappa shape index (κ1) is 20.7. The lowest BCUT2D eigenvalue weighted by Crippen LogP contribution is -2.38. The Morgan fingerprint density at radius 1 is 1.11 bits per heavy atom. The topological polar surface area (TPSA) is 78.7 Å². The average molecular weight is 370 g/mol. The predicted octanol–water partition coefficient (Wildman–Crippen LogP) is 1.96. The van der Waals surface area contributed by atoms with Gasteiger partial charge >= 0.3 is 0 Å². The van der Waals surface area contributed by atoms with E-state index in [1.807, 2.05) is 49.5 Å². The summed E-state index contributed by atoms with van der Waals surface area (Å²) < 4.78 is 1.73. The molecule has 6 heteroatoms. The predicted molar refractivity (Wildman–Crippen MR) is 110 cm³/mol. The van der Waals surface area contributed by atoms with Crippen LogP contribution in [0.4, 0.5) is 0 Å². The number of pyridine rings is 1. The van der Waals surface area contributed by atoms with Crippen LogP contribution in [0.2, 0.25) is 0 Å². The third kappa shape index (κ3) is 7.27. The number of aryl methyl sites for hydroxylation is 1. The number of nitrogens with one attached hydrogen (secondary N) is 2. The second-order valence-electron chi connectivity index (χ2n) is 6.38. The minimum atomic E-state index is -0.00777. The molecule has 27 heavy (non-hydrogen) atoms. The van der Waals surface area contributed by atoms with Crippen LogP contribution in [-0.2, 0) is 6.54 Å². The number of guanidine groups is 1. The highest BCUT2D eigenvalue weighted by atomic mass is 16.3. The molecule has 1 atom stereocenters. The van der Waals surface area contributed by atoms with Gasteiger partial charge in [0.15, 0.2) is 5.96 Å². The minimum Gasteiger partial charge on any atom is -0.396 e. The van der Waals surface area contributed by atoms with E-state index in [2.05, 4.69) is 15.6 Å². The fraction of sp³-hybridized carbons (Fsp3) is 0.429. The Bertz CT molecular complexity index is 743. The van der Waals surface area contributed by atoms with Gasteiger partial charge in [-0.1, -0.05) is 36.4 Å². The molecule has 0 spiro atoms. The quantitative estimate of drug-likeness (QED) is 0.339. The van der Waals surface area contributed by atoms with Crippen molar-refractivity contribution in [3.63, 3.8) is 0 Å². The number of aliphatic imine (C=N–C) groups is 1. The van der Waals surface area contributed by atoms with Crippen molar-refractivity contribution in [1.29, 1.82) is 0 Å². The summed E-state index contributed by atoms with van der Waals surface area (Å²) in [5.41, 5.74) is 1.13. The zero-order valence-corrected chi connectivity index (χ0v) is 16.0.